The average Bonchev–Trinajstić information content (AvgIpc) is 2.77. The fourth-order valence-electron chi connectivity index (χ4n) is 1.54. The van der Waals surface area contributed by atoms with E-state index in [1.54, 1.807) is 6.07 Å². The molecule has 1 aromatic rings. The fourth-order valence-corrected chi connectivity index (χ4v) is 4.28. The van der Waals surface area contributed by atoms with Crippen LogP contribution in [0.3, 0.4) is 0 Å². The van der Waals surface area contributed by atoms with Gasteiger partial charge in [0.1, 0.15) is 4.21 Å². The fraction of sp³-hybridized carbons (Fsp3) is 0.667. The van der Waals surface area contributed by atoms with Gasteiger partial charge in [-0.25, -0.2) is 13.1 Å². The SMILES string of the molecule is CCC(C)C(C)NS(=O)(=O)c1ccc(CNC)s1. The summed E-state index contributed by atoms with van der Waals surface area (Å²) in [4.78, 5) is 1.02. The zero-order valence-electron chi connectivity index (χ0n) is 11.4. The molecule has 104 valence electrons. The van der Waals surface area contributed by atoms with Crippen LogP contribution in [0, 0.1) is 5.92 Å². The second-order valence-electron chi connectivity index (χ2n) is 4.55. The van der Waals surface area contributed by atoms with Crippen molar-refractivity contribution >= 4 is 21.4 Å². The van der Waals surface area contributed by atoms with Gasteiger partial charge in [0, 0.05) is 17.5 Å². The van der Waals surface area contributed by atoms with Gasteiger partial charge in [0.05, 0.1) is 0 Å². The van der Waals surface area contributed by atoms with Gasteiger partial charge in [-0.05, 0) is 32.0 Å². The van der Waals surface area contributed by atoms with Gasteiger partial charge in [-0.3, -0.25) is 0 Å². The molecule has 0 fully saturated rings. The van der Waals surface area contributed by atoms with Crippen LogP contribution in [0.4, 0.5) is 0 Å². The summed E-state index contributed by atoms with van der Waals surface area (Å²) in [5.41, 5.74) is 0. The summed E-state index contributed by atoms with van der Waals surface area (Å²) in [6, 6.07) is 3.47. The largest absolute Gasteiger partial charge is 0.315 e. The lowest BCUT2D eigenvalue weighted by molar-refractivity contribution is 0.434. The summed E-state index contributed by atoms with van der Waals surface area (Å²) in [5, 5.41) is 3.01. The highest BCUT2D eigenvalue weighted by Crippen LogP contribution is 2.22. The molecule has 6 heteroatoms. The topological polar surface area (TPSA) is 58.2 Å². The molecule has 0 spiro atoms. The normalized spacial score (nSPS) is 15.6. The number of rotatable bonds is 7. The van der Waals surface area contributed by atoms with Crippen LogP contribution in [0.2, 0.25) is 0 Å². The molecule has 2 N–H and O–H groups in total. The van der Waals surface area contributed by atoms with E-state index in [1.807, 2.05) is 27.0 Å². The first-order chi connectivity index (χ1) is 8.40. The van der Waals surface area contributed by atoms with Crippen LogP contribution in [-0.2, 0) is 16.6 Å². The Morgan fingerprint density at radius 3 is 2.56 bits per heavy atom. The summed E-state index contributed by atoms with van der Waals surface area (Å²) in [6.45, 7) is 6.72. The molecule has 0 saturated carbocycles. The van der Waals surface area contributed by atoms with E-state index in [9.17, 15) is 8.42 Å². The van der Waals surface area contributed by atoms with Crippen LogP contribution < -0.4 is 10.0 Å². The minimum absolute atomic E-state index is 0.0464. The highest BCUT2D eigenvalue weighted by atomic mass is 32.2. The van der Waals surface area contributed by atoms with E-state index in [2.05, 4.69) is 17.0 Å². The first-order valence-electron chi connectivity index (χ1n) is 6.16. The summed E-state index contributed by atoms with van der Waals surface area (Å²) in [7, 11) is -1.53. The molecule has 0 aliphatic rings. The third-order valence-electron chi connectivity index (χ3n) is 3.09. The smallest absolute Gasteiger partial charge is 0.250 e. The molecule has 18 heavy (non-hydrogen) atoms. The van der Waals surface area contributed by atoms with E-state index in [0.717, 1.165) is 11.3 Å². The maximum Gasteiger partial charge on any atom is 0.250 e. The van der Waals surface area contributed by atoms with Gasteiger partial charge in [0.25, 0.3) is 0 Å². The quantitative estimate of drug-likeness (QED) is 0.809. The molecule has 0 saturated heterocycles. The Morgan fingerprint density at radius 2 is 2.00 bits per heavy atom. The number of hydrogen-bond acceptors (Lipinski definition) is 4. The monoisotopic (exact) mass is 290 g/mol. The molecule has 0 aliphatic heterocycles. The maximum absolute atomic E-state index is 12.2. The Labute approximate surface area is 114 Å². The van der Waals surface area contributed by atoms with Crippen LogP contribution in [0.25, 0.3) is 0 Å². The lowest BCUT2D eigenvalue weighted by atomic mass is 10.0. The van der Waals surface area contributed by atoms with Crippen LogP contribution in [0.15, 0.2) is 16.3 Å². The molecular weight excluding hydrogens is 268 g/mol. The molecule has 2 unspecified atom stereocenters. The van der Waals surface area contributed by atoms with E-state index in [4.69, 9.17) is 0 Å². The van der Waals surface area contributed by atoms with Gasteiger partial charge in [-0.1, -0.05) is 20.3 Å². The second-order valence-corrected chi connectivity index (χ2v) is 7.66. The van der Waals surface area contributed by atoms with Crippen LogP contribution in [0.1, 0.15) is 32.1 Å². The number of sulfonamides is 1. The standard InChI is InChI=1S/C12H22N2O2S2/c1-5-9(2)10(3)14-18(15,16)12-7-6-11(17-12)8-13-4/h6-7,9-10,13-14H,5,8H2,1-4H3. The van der Waals surface area contributed by atoms with Crippen molar-refractivity contribution in [2.45, 2.75) is 44.0 Å². The van der Waals surface area contributed by atoms with Crippen molar-refractivity contribution in [2.24, 2.45) is 5.92 Å². The van der Waals surface area contributed by atoms with Crippen molar-refractivity contribution in [1.29, 1.82) is 0 Å². The number of nitrogens with one attached hydrogen (secondary N) is 2. The van der Waals surface area contributed by atoms with Gasteiger partial charge in [-0.2, -0.15) is 0 Å². The van der Waals surface area contributed by atoms with Crippen molar-refractivity contribution in [1.82, 2.24) is 10.0 Å². The first kappa shape index (κ1) is 15.6. The van der Waals surface area contributed by atoms with Crippen molar-refractivity contribution in [2.75, 3.05) is 7.05 Å². The molecule has 0 radical (unpaired) electrons. The Balaban J connectivity index is 2.79. The number of thiophene rings is 1. The lowest BCUT2D eigenvalue weighted by Crippen LogP contribution is -2.36. The Kier molecular flexibility index (Phi) is 5.78. The zero-order valence-corrected chi connectivity index (χ0v) is 13.0. The van der Waals surface area contributed by atoms with Crippen molar-refractivity contribution in [3.05, 3.63) is 17.0 Å². The summed E-state index contributed by atoms with van der Waals surface area (Å²) in [5.74, 6) is 0.330. The minimum atomic E-state index is -3.37. The van der Waals surface area contributed by atoms with E-state index in [-0.39, 0.29) is 6.04 Å². The molecule has 1 heterocycles. The van der Waals surface area contributed by atoms with E-state index in [1.165, 1.54) is 11.3 Å². The van der Waals surface area contributed by atoms with Gasteiger partial charge in [-0.15, -0.1) is 11.3 Å². The Hall–Kier alpha value is -0.430. The number of hydrogen-bond donors (Lipinski definition) is 2. The molecule has 0 bridgehead atoms. The third kappa shape index (κ3) is 4.05. The van der Waals surface area contributed by atoms with Gasteiger partial charge in [0.2, 0.25) is 10.0 Å². The van der Waals surface area contributed by atoms with Crippen LogP contribution in [-0.4, -0.2) is 21.5 Å². The summed E-state index contributed by atoms with van der Waals surface area (Å²) < 4.78 is 27.5. The molecular formula is C12H22N2O2S2. The Bertz CT molecular complexity index is 468. The molecule has 4 nitrogen and oxygen atoms in total. The molecule has 1 rings (SSSR count). The van der Waals surface area contributed by atoms with E-state index < -0.39 is 10.0 Å². The van der Waals surface area contributed by atoms with Crippen LogP contribution >= 0.6 is 11.3 Å². The Morgan fingerprint density at radius 1 is 1.33 bits per heavy atom. The van der Waals surface area contributed by atoms with E-state index >= 15 is 0 Å². The zero-order chi connectivity index (χ0) is 13.8. The van der Waals surface area contributed by atoms with Gasteiger partial charge in [0.15, 0.2) is 0 Å². The summed E-state index contributed by atoms with van der Waals surface area (Å²) >= 11 is 1.31. The second kappa shape index (κ2) is 6.65. The maximum atomic E-state index is 12.2. The highest BCUT2D eigenvalue weighted by molar-refractivity contribution is 7.91. The average molecular weight is 290 g/mol. The molecule has 2 atom stereocenters. The summed E-state index contributed by atoms with van der Waals surface area (Å²) in [6.07, 6.45) is 0.957. The first-order valence-corrected chi connectivity index (χ1v) is 8.46. The van der Waals surface area contributed by atoms with E-state index in [0.29, 0.717) is 16.7 Å². The predicted octanol–water partition coefficient (Wildman–Crippen LogP) is 2.18. The minimum Gasteiger partial charge on any atom is -0.315 e. The van der Waals surface area contributed by atoms with Gasteiger partial charge < -0.3 is 5.32 Å². The predicted molar refractivity (Wildman–Crippen MR) is 76.3 cm³/mol. The van der Waals surface area contributed by atoms with Crippen molar-refractivity contribution < 1.29 is 8.42 Å². The molecule has 0 aromatic carbocycles. The van der Waals surface area contributed by atoms with Crippen molar-refractivity contribution in [3.8, 4) is 0 Å². The van der Waals surface area contributed by atoms with Crippen molar-refractivity contribution in [3.63, 3.8) is 0 Å². The lowest BCUT2D eigenvalue weighted by Gasteiger charge is -2.19. The molecule has 1 aromatic heterocycles. The molecule has 0 aliphatic carbocycles. The highest BCUT2D eigenvalue weighted by Gasteiger charge is 2.21. The molecule has 0 amide bonds. The van der Waals surface area contributed by atoms with Gasteiger partial charge >= 0.3 is 0 Å². The van der Waals surface area contributed by atoms with Crippen LogP contribution in [0.5, 0.6) is 0 Å². The third-order valence-corrected chi connectivity index (χ3v) is 6.23.